The predicted octanol–water partition coefficient (Wildman–Crippen LogP) is 6.31. The topological polar surface area (TPSA) is 50.5 Å². The maximum atomic E-state index is 14.6. The third-order valence-electron chi connectivity index (χ3n) is 6.26. The van der Waals surface area contributed by atoms with Gasteiger partial charge in [-0.05, 0) is 73.9 Å². The molecule has 1 atom stereocenters. The Balaban J connectivity index is 1.67. The molecule has 1 aliphatic rings. The van der Waals surface area contributed by atoms with Crippen molar-refractivity contribution in [1.82, 2.24) is 14.6 Å². The lowest BCUT2D eigenvalue weighted by atomic mass is 9.96. The minimum absolute atomic E-state index is 0.0813. The van der Waals surface area contributed by atoms with Crippen LogP contribution in [0.4, 0.5) is 36.4 Å². The lowest BCUT2D eigenvalue weighted by molar-refractivity contribution is -0.291. The Morgan fingerprint density at radius 3 is 2.30 bits per heavy atom. The molecular formula is C25H17F7N4O. The standard InChI is InChI=1S/C25H17F7N4O/c1-13-2-3-15-10-17(27)8-9-20(15)35(13)23(37)19-12-22-33-18(14-4-6-16(26)7-5-14)11-21(36(22)34-19)24(28,29)25(30,31)32/h4-13H,2-3H2,1H3. The fraction of sp³-hybridized carbons (Fsp3) is 0.240. The van der Waals surface area contributed by atoms with E-state index in [-0.39, 0.29) is 21.8 Å². The maximum Gasteiger partial charge on any atom is 0.459 e. The van der Waals surface area contributed by atoms with Crippen LogP contribution in [0.1, 0.15) is 35.1 Å². The van der Waals surface area contributed by atoms with Crippen molar-refractivity contribution in [3.8, 4) is 11.3 Å². The van der Waals surface area contributed by atoms with Crippen molar-refractivity contribution in [2.75, 3.05) is 4.90 Å². The van der Waals surface area contributed by atoms with Crippen molar-refractivity contribution in [1.29, 1.82) is 0 Å². The van der Waals surface area contributed by atoms with E-state index in [0.717, 1.165) is 18.2 Å². The van der Waals surface area contributed by atoms with Crippen LogP contribution >= 0.6 is 0 Å². The van der Waals surface area contributed by atoms with E-state index in [4.69, 9.17) is 0 Å². The lowest BCUT2D eigenvalue weighted by Crippen LogP contribution is -2.42. The first-order valence-electron chi connectivity index (χ1n) is 11.1. The summed E-state index contributed by atoms with van der Waals surface area (Å²) in [6.45, 7) is 1.73. The third-order valence-corrected chi connectivity index (χ3v) is 6.26. The summed E-state index contributed by atoms with van der Waals surface area (Å²) in [5.41, 5.74) is -1.69. The molecule has 0 spiro atoms. The molecule has 1 aliphatic heterocycles. The number of nitrogens with zero attached hydrogens (tertiary/aromatic N) is 4. The monoisotopic (exact) mass is 522 g/mol. The molecule has 5 nitrogen and oxygen atoms in total. The number of carbonyl (C=O) groups excluding carboxylic acids is 1. The zero-order valence-electron chi connectivity index (χ0n) is 19.0. The van der Waals surface area contributed by atoms with Crippen LogP contribution in [0.15, 0.2) is 54.6 Å². The van der Waals surface area contributed by atoms with Gasteiger partial charge in [-0.1, -0.05) is 0 Å². The van der Waals surface area contributed by atoms with E-state index in [2.05, 4.69) is 10.1 Å². The Morgan fingerprint density at radius 2 is 1.62 bits per heavy atom. The van der Waals surface area contributed by atoms with Gasteiger partial charge in [0.15, 0.2) is 11.3 Å². The van der Waals surface area contributed by atoms with E-state index in [1.54, 1.807) is 6.92 Å². The molecule has 5 rings (SSSR count). The van der Waals surface area contributed by atoms with E-state index < -0.39 is 46.7 Å². The number of fused-ring (bicyclic) bond motifs is 2. The second-order valence-electron chi connectivity index (χ2n) is 8.74. The van der Waals surface area contributed by atoms with E-state index >= 15 is 0 Å². The van der Waals surface area contributed by atoms with E-state index in [1.807, 2.05) is 0 Å². The summed E-state index contributed by atoms with van der Waals surface area (Å²) in [6, 6.07) is 9.36. The molecule has 0 saturated heterocycles. The summed E-state index contributed by atoms with van der Waals surface area (Å²) in [7, 11) is 0. The molecular weight excluding hydrogens is 505 g/mol. The zero-order valence-corrected chi connectivity index (χ0v) is 19.0. The SMILES string of the molecule is CC1CCc2cc(F)ccc2N1C(=O)c1cc2nc(-c3ccc(F)cc3)cc(C(F)(F)C(F)(F)F)n2n1. The van der Waals surface area contributed by atoms with Gasteiger partial charge < -0.3 is 4.90 Å². The average Bonchev–Trinajstić information content (AvgIpc) is 3.27. The van der Waals surface area contributed by atoms with Gasteiger partial charge >= 0.3 is 12.1 Å². The molecule has 0 bridgehead atoms. The van der Waals surface area contributed by atoms with Crippen molar-refractivity contribution in [2.24, 2.45) is 0 Å². The molecule has 0 aliphatic carbocycles. The number of halogens is 7. The number of aryl methyl sites for hydroxylation is 1. The predicted molar refractivity (Wildman–Crippen MR) is 119 cm³/mol. The Kier molecular flexibility index (Phi) is 5.72. The summed E-state index contributed by atoms with van der Waals surface area (Å²) in [5.74, 6) is -7.25. The second-order valence-corrected chi connectivity index (χ2v) is 8.74. The molecule has 0 fully saturated rings. The van der Waals surface area contributed by atoms with Gasteiger partial charge in [0.1, 0.15) is 17.3 Å². The number of amides is 1. The van der Waals surface area contributed by atoms with Crippen LogP contribution < -0.4 is 4.90 Å². The summed E-state index contributed by atoms with van der Waals surface area (Å²) >= 11 is 0. The van der Waals surface area contributed by atoms with Crippen LogP contribution in [-0.4, -0.2) is 32.7 Å². The van der Waals surface area contributed by atoms with Gasteiger partial charge in [0.05, 0.1) is 5.69 Å². The van der Waals surface area contributed by atoms with Gasteiger partial charge in [-0.25, -0.2) is 18.3 Å². The van der Waals surface area contributed by atoms with Crippen LogP contribution in [0.3, 0.4) is 0 Å². The summed E-state index contributed by atoms with van der Waals surface area (Å²) < 4.78 is 96.7. The molecule has 3 heterocycles. The molecule has 0 saturated carbocycles. The number of carbonyl (C=O) groups is 1. The highest BCUT2D eigenvalue weighted by atomic mass is 19.4. The quantitative estimate of drug-likeness (QED) is 0.297. The van der Waals surface area contributed by atoms with Gasteiger partial charge in [-0.3, -0.25) is 4.79 Å². The number of aromatic nitrogens is 3. The zero-order chi connectivity index (χ0) is 26.7. The normalized spacial score (nSPS) is 16.2. The number of benzene rings is 2. The maximum absolute atomic E-state index is 14.6. The molecule has 1 amide bonds. The van der Waals surface area contributed by atoms with Crippen LogP contribution in [-0.2, 0) is 12.3 Å². The van der Waals surface area contributed by atoms with Gasteiger partial charge in [0, 0.05) is 23.4 Å². The summed E-state index contributed by atoms with van der Waals surface area (Å²) in [4.78, 5) is 18.9. The first-order valence-corrected chi connectivity index (χ1v) is 11.1. The first-order chi connectivity index (χ1) is 17.4. The van der Waals surface area contributed by atoms with Crippen molar-refractivity contribution >= 4 is 17.2 Å². The van der Waals surface area contributed by atoms with Crippen molar-refractivity contribution in [3.63, 3.8) is 0 Å². The Bertz CT molecular complexity index is 1510. The van der Waals surface area contributed by atoms with E-state index in [0.29, 0.717) is 30.2 Å². The average molecular weight is 522 g/mol. The molecule has 12 heteroatoms. The number of hydrogen-bond donors (Lipinski definition) is 0. The number of anilines is 1. The summed E-state index contributed by atoms with van der Waals surface area (Å²) in [5, 5.41) is 3.79. The largest absolute Gasteiger partial charge is 0.459 e. The van der Waals surface area contributed by atoms with Crippen LogP contribution in [0.5, 0.6) is 0 Å². The number of alkyl halides is 5. The van der Waals surface area contributed by atoms with Crippen LogP contribution in [0, 0.1) is 11.6 Å². The van der Waals surface area contributed by atoms with Crippen molar-refractivity contribution in [2.45, 2.75) is 37.9 Å². The Morgan fingerprint density at radius 1 is 0.946 bits per heavy atom. The highest BCUT2D eigenvalue weighted by molar-refractivity contribution is 6.06. The molecule has 2 aromatic carbocycles. The van der Waals surface area contributed by atoms with E-state index in [9.17, 15) is 35.5 Å². The van der Waals surface area contributed by atoms with Crippen molar-refractivity contribution < 1.29 is 35.5 Å². The fourth-order valence-corrected chi connectivity index (χ4v) is 4.37. The fourth-order valence-electron chi connectivity index (χ4n) is 4.37. The smallest absolute Gasteiger partial charge is 0.304 e. The Labute approximate surface area is 205 Å². The number of rotatable bonds is 3. The van der Waals surface area contributed by atoms with Crippen LogP contribution in [0.2, 0.25) is 0 Å². The van der Waals surface area contributed by atoms with Crippen LogP contribution in [0.25, 0.3) is 16.9 Å². The van der Waals surface area contributed by atoms with Crippen molar-refractivity contribution in [3.05, 3.63) is 83.2 Å². The molecule has 192 valence electrons. The highest BCUT2D eigenvalue weighted by Gasteiger charge is 2.60. The molecule has 0 radical (unpaired) electrons. The minimum Gasteiger partial charge on any atom is -0.304 e. The first kappa shape index (κ1) is 24.7. The van der Waals surface area contributed by atoms with Gasteiger partial charge in [0.25, 0.3) is 5.91 Å². The minimum atomic E-state index is -5.97. The molecule has 37 heavy (non-hydrogen) atoms. The molecule has 2 aromatic heterocycles. The Hall–Kier alpha value is -3.96. The van der Waals surface area contributed by atoms with Gasteiger partial charge in [0.2, 0.25) is 0 Å². The van der Waals surface area contributed by atoms with E-state index in [1.165, 1.54) is 35.2 Å². The van der Waals surface area contributed by atoms with Gasteiger partial charge in [-0.2, -0.15) is 27.1 Å². The lowest BCUT2D eigenvalue weighted by Gasteiger charge is -2.34. The molecule has 1 unspecified atom stereocenters. The third kappa shape index (κ3) is 4.19. The molecule has 0 N–H and O–H groups in total. The second kappa shape index (κ2) is 8.56. The molecule has 4 aromatic rings. The number of hydrogen-bond acceptors (Lipinski definition) is 3. The summed E-state index contributed by atoms with van der Waals surface area (Å²) in [6.07, 6.45) is -5.00. The van der Waals surface area contributed by atoms with Gasteiger partial charge in [-0.15, -0.1) is 0 Å². The highest BCUT2D eigenvalue weighted by Crippen LogP contribution is 2.44.